The van der Waals surface area contributed by atoms with Crippen LogP contribution in [0.4, 0.5) is 0 Å². The molecule has 0 saturated carbocycles. The maximum atomic E-state index is 12.0. The molecule has 1 aromatic carbocycles. The van der Waals surface area contributed by atoms with E-state index in [0.717, 1.165) is 22.2 Å². The van der Waals surface area contributed by atoms with Crippen molar-refractivity contribution in [3.63, 3.8) is 0 Å². The summed E-state index contributed by atoms with van der Waals surface area (Å²) in [7, 11) is -1.03. The van der Waals surface area contributed by atoms with Crippen molar-refractivity contribution in [3.05, 3.63) is 28.7 Å². The summed E-state index contributed by atoms with van der Waals surface area (Å²) in [6, 6.07) is 7.43. The lowest BCUT2D eigenvalue weighted by atomic mass is 10.3. The summed E-state index contributed by atoms with van der Waals surface area (Å²) < 4.78 is 13.0. The fourth-order valence-corrected chi connectivity index (χ4v) is 3.00. The molecule has 1 atom stereocenters. The van der Waals surface area contributed by atoms with Gasteiger partial charge in [-0.25, -0.2) is 0 Å². The van der Waals surface area contributed by atoms with Gasteiger partial charge in [-0.2, -0.15) is 0 Å². The van der Waals surface area contributed by atoms with Gasteiger partial charge in [0, 0.05) is 28.1 Å². The number of hydrogen-bond donors (Lipinski definition) is 2. The van der Waals surface area contributed by atoms with Crippen LogP contribution in [-0.4, -0.2) is 29.0 Å². The average Bonchev–Trinajstić information content (AvgIpc) is 2.44. The van der Waals surface area contributed by atoms with Crippen LogP contribution in [0.2, 0.25) is 0 Å². The fourth-order valence-electron chi connectivity index (χ4n) is 1.65. The van der Waals surface area contributed by atoms with Crippen molar-refractivity contribution in [2.75, 3.05) is 18.8 Å². The molecule has 0 aliphatic heterocycles. The summed E-state index contributed by atoms with van der Waals surface area (Å²) in [6.45, 7) is 1.33. The molecule has 1 aromatic rings. The van der Waals surface area contributed by atoms with Crippen LogP contribution in [0.25, 0.3) is 0 Å². The lowest BCUT2D eigenvalue weighted by Crippen LogP contribution is -2.24. The molecule has 0 fully saturated rings. The van der Waals surface area contributed by atoms with E-state index in [0.29, 0.717) is 31.7 Å². The number of nitrogens with two attached hydrogens (primary N) is 1. The molecule has 20 heavy (non-hydrogen) atoms. The smallest absolute Gasteiger partial charge is 0.220 e. The monoisotopic (exact) mass is 360 g/mol. The number of carbonyl (C=O) groups is 1. The highest BCUT2D eigenvalue weighted by Gasteiger charge is 2.06. The first-order valence-electron chi connectivity index (χ1n) is 6.74. The number of halogens is 1. The highest BCUT2D eigenvalue weighted by Crippen LogP contribution is 2.14. The van der Waals surface area contributed by atoms with Gasteiger partial charge in [-0.1, -0.05) is 15.9 Å². The van der Waals surface area contributed by atoms with Crippen LogP contribution >= 0.6 is 15.9 Å². The highest BCUT2D eigenvalue weighted by atomic mass is 79.9. The number of nitrogens with one attached hydrogen (secondary N) is 1. The van der Waals surface area contributed by atoms with Gasteiger partial charge in [0.05, 0.1) is 10.8 Å². The van der Waals surface area contributed by atoms with Gasteiger partial charge in [-0.15, -0.1) is 0 Å². The molecule has 0 aromatic heterocycles. The van der Waals surface area contributed by atoms with Gasteiger partial charge in [0.2, 0.25) is 5.91 Å². The molecule has 1 unspecified atom stereocenters. The number of hydrogen-bond acceptors (Lipinski definition) is 3. The Kier molecular flexibility index (Phi) is 8.73. The Morgan fingerprint density at radius 1 is 1.20 bits per heavy atom. The van der Waals surface area contributed by atoms with Gasteiger partial charge >= 0.3 is 0 Å². The van der Waals surface area contributed by atoms with Crippen LogP contribution < -0.4 is 11.1 Å². The van der Waals surface area contributed by atoms with Crippen LogP contribution in [0, 0.1) is 0 Å². The number of benzene rings is 1. The predicted octanol–water partition coefficient (Wildman–Crippen LogP) is 2.19. The minimum Gasteiger partial charge on any atom is -0.356 e. The van der Waals surface area contributed by atoms with E-state index >= 15 is 0 Å². The summed E-state index contributed by atoms with van der Waals surface area (Å²) in [5.41, 5.74) is 5.37. The Morgan fingerprint density at radius 3 is 2.55 bits per heavy atom. The van der Waals surface area contributed by atoms with E-state index < -0.39 is 10.8 Å². The summed E-state index contributed by atoms with van der Waals surface area (Å²) in [5.74, 6) is 0.535. The Balaban J connectivity index is 2.18. The maximum Gasteiger partial charge on any atom is 0.220 e. The molecule has 0 spiro atoms. The van der Waals surface area contributed by atoms with E-state index in [-0.39, 0.29) is 5.91 Å². The molecule has 0 aliphatic rings. The molecule has 3 N–H and O–H groups in total. The van der Waals surface area contributed by atoms with Crippen LogP contribution in [0.5, 0.6) is 0 Å². The molecule has 1 rings (SSSR count). The average molecular weight is 361 g/mol. The normalized spacial score (nSPS) is 12.1. The number of rotatable bonds is 9. The van der Waals surface area contributed by atoms with Gasteiger partial charge in [0.1, 0.15) is 0 Å². The SMILES string of the molecule is NCCCCNC(=O)CCCS(=O)c1ccc(Br)cc1. The Bertz CT molecular complexity index is 437. The summed E-state index contributed by atoms with van der Waals surface area (Å²) in [5, 5.41) is 2.84. The van der Waals surface area contributed by atoms with Gasteiger partial charge in [-0.3, -0.25) is 9.00 Å². The molecular weight excluding hydrogens is 340 g/mol. The highest BCUT2D eigenvalue weighted by molar-refractivity contribution is 9.10. The predicted molar refractivity (Wildman–Crippen MR) is 85.9 cm³/mol. The Morgan fingerprint density at radius 2 is 1.90 bits per heavy atom. The van der Waals surface area contributed by atoms with E-state index in [1.807, 2.05) is 24.3 Å². The molecule has 6 heteroatoms. The summed E-state index contributed by atoms with van der Waals surface area (Å²) in [4.78, 5) is 12.3. The van der Waals surface area contributed by atoms with Crippen molar-refractivity contribution in [1.82, 2.24) is 5.32 Å². The van der Waals surface area contributed by atoms with Crippen LogP contribution in [0.1, 0.15) is 25.7 Å². The zero-order chi connectivity index (χ0) is 14.8. The fraction of sp³-hybridized carbons (Fsp3) is 0.500. The van der Waals surface area contributed by atoms with Gasteiger partial charge in [0.15, 0.2) is 0 Å². The minimum atomic E-state index is -1.03. The minimum absolute atomic E-state index is 0.0230. The third kappa shape index (κ3) is 7.17. The van der Waals surface area contributed by atoms with E-state index in [1.165, 1.54) is 0 Å². The number of carbonyl (C=O) groups excluding carboxylic acids is 1. The van der Waals surface area contributed by atoms with Crippen LogP contribution in [0.3, 0.4) is 0 Å². The number of amides is 1. The third-order valence-corrected chi connectivity index (χ3v) is 4.75. The van der Waals surface area contributed by atoms with E-state index in [1.54, 1.807) is 0 Å². The van der Waals surface area contributed by atoms with E-state index in [9.17, 15) is 9.00 Å². The Hall–Kier alpha value is -0.720. The van der Waals surface area contributed by atoms with Crippen molar-refractivity contribution < 1.29 is 9.00 Å². The quantitative estimate of drug-likeness (QED) is 0.663. The Labute approximate surface area is 131 Å². The second-order valence-electron chi connectivity index (χ2n) is 4.45. The molecule has 0 radical (unpaired) electrons. The van der Waals surface area contributed by atoms with E-state index in [2.05, 4.69) is 21.2 Å². The van der Waals surface area contributed by atoms with Crippen molar-refractivity contribution >= 4 is 32.6 Å². The first-order valence-corrected chi connectivity index (χ1v) is 8.85. The third-order valence-electron chi connectivity index (χ3n) is 2.76. The van der Waals surface area contributed by atoms with E-state index in [4.69, 9.17) is 5.73 Å². The molecule has 0 heterocycles. The molecule has 112 valence electrons. The topological polar surface area (TPSA) is 72.2 Å². The van der Waals surface area contributed by atoms with Gasteiger partial charge in [0.25, 0.3) is 0 Å². The molecular formula is C14H21BrN2O2S. The van der Waals surface area contributed by atoms with Crippen LogP contribution in [-0.2, 0) is 15.6 Å². The zero-order valence-corrected chi connectivity index (χ0v) is 13.8. The zero-order valence-electron chi connectivity index (χ0n) is 11.4. The largest absolute Gasteiger partial charge is 0.356 e. The van der Waals surface area contributed by atoms with Crippen molar-refractivity contribution in [2.24, 2.45) is 5.73 Å². The first kappa shape index (κ1) is 17.3. The molecule has 0 aliphatic carbocycles. The summed E-state index contributed by atoms with van der Waals surface area (Å²) in [6.07, 6.45) is 2.89. The second kappa shape index (κ2) is 10.1. The van der Waals surface area contributed by atoms with Crippen LogP contribution in [0.15, 0.2) is 33.6 Å². The van der Waals surface area contributed by atoms with Gasteiger partial charge in [-0.05, 0) is 50.1 Å². The molecule has 0 saturated heterocycles. The lowest BCUT2D eigenvalue weighted by Gasteiger charge is -2.05. The standard InChI is InChI=1S/C14H21BrN2O2S/c15-12-5-7-13(8-6-12)20(19)11-3-4-14(18)17-10-2-1-9-16/h5-8H,1-4,9-11,16H2,(H,17,18). The first-order chi connectivity index (χ1) is 9.63. The molecule has 1 amide bonds. The molecule has 4 nitrogen and oxygen atoms in total. The maximum absolute atomic E-state index is 12.0. The number of unbranched alkanes of at least 4 members (excludes halogenated alkanes) is 1. The molecule has 0 bridgehead atoms. The van der Waals surface area contributed by atoms with Crippen molar-refractivity contribution in [3.8, 4) is 0 Å². The summed E-state index contributed by atoms with van der Waals surface area (Å²) >= 11 is 3.34. The van der Waals surface area contributed by atoms with Crippen molar-refractivity contribution in [2.45, 2.75) is 30.6 Å². The van der Waals surface area contributed by atoms with Crippen molar-refractivity contribution in [1.29, 1.82) is 0 Å². The lowest BCUT2D eigenvalue weighted by molar-refractivity contribution is -0.121. The van der Waals surface area contributed by atoms with Gasteiger partial charge < -0.3 is 11.1 Å². The second-order valence-corrected chi connectivity index (χ2v) is 6.94.